The van der Waals surface area contributed by atoms with Crippen LogP contribution in [-0.2, 0) is 11.3 Å². The Labute approximate surface area is 187 Å². The van der Waals surface area contributed by atoms with Gasteiger partial charge in [-0.2, -0.15) is 5.10 Å². The molecule has 2 aromatic heterocycles. The molecule has 164 valence electrons. The highest BCUT2D eigenvalue weighted by Crippen LogP contribution is 2.29. The molecule has 0 aliphatic carbocycles. The Morgan fingerprint density at radius 3 is 2.39 bits per heavy atom. The van der Waals surface area contributed by atoms with E-state index >= 15 is 0 Å². The molecule has 2 heterocycles. The first-order valence-corrected chi connectivity index (χ1v) is 10.9. The number of thiophene rings is 1. The Hall–Kier alpha value is -3.13. The summed E-state index contributed by atoms with van der Waals surface area (Å²) in [5.74, 6) is 0.317. The Morgan fingerprint density at radius 2 is 1.77 bits per heavy atom. The number of anilines is 3. The van der Waals surface area contributed by atoms with Gasteiger partial charge in [-0.1, -0.05) is 32.9 Å². The van der Waals surface area contributed by atoms with Crippen molar-refractivity contribution in [3.8, 4) is 0 Å². The van der Waals surface area contributed by atoms with Gasteiger partial charge in [-0.05, 0) is 36.2 Å². The molecule has 0 bridgehead atoms. The van der Waals surface area contributed by atoms with E-state index in [-0.39, 0.29) is 11.8 Å². The van der Waals surface area contributed by atoms with Crippen molar-refractivity contribution < 1.29 is 9.59 Å². The molecule has 2 amide bonds. The number of carbonyl (C=O) groups excluding carboxylic acids is 2. The molecule has 0 radical (unpaired) electrons. The van der Waals surface area contributed by atoms with E-state index in [1.54, 1.807) is 16.9 Å². The predicted molar refractivity (Wildman–Crippen MR) is 127 cm³/mol. The third kappa shape index (κ3) is 5.52. The first-order valence-electron chi connectivity index (χ1n) is 10.1. The summed E-state index contributed by atoms with van der Waals surface area (Å²) < 4.78 is 1.76. The van der Waals surface area contributed by atoms with Gasteiger partial charge in [-0.3, -0.25) is 9.59 Å². The number of carbonyl (C=O) groups is 2. The van der Waals surface area contributed by atoms with Crippen LogP contribution in [0.25, 0.3) is 0 Å². The molecular weight excluding hydrogens is 410 g/mol. The minimum Gasteiger partial charge on any atom is -0.378 e. The number of benzene rings is 1. The van der Waals surface area contributed by atoms with Gasteiger partial charge in [0.25, 0.3) is 5.91 Å². The van der Waals surface area contributed by atoms with E-state index in [2.05, 4.69) is 40.0 Å². The van der Waals surface area contributed by atoms with Gasteiger partial charge >= 0.3 is 0 Å². The van der Waals surface area contributed by atoms with Crippen molar-refractivity contribution in [3.63, 3.8) is 0 Å². The standard InChI is InChI=1S/C23H29N5O2S/c1-15-13-19(26-22(30)23(2,3)4)31-20(15)21(29)25-18-11-12-24-28(18)14-16-7-9-17(10-8-16)27(5)6/h7-13H,14H2,1-6H3,(H,25,29)(H,26,30). The highest BCUT2D eigenvalue weighted by molar-refractivity contribution is 7.18. The highest BCUT2D eigenvalue weighted by atomic mass is 32.1. The highest BCUT2D eigenvalue weighted by Gasteiger charge is 2.23. The van der Waals surface area contributed by atoms with Crippen LogP contribution in [-0.4, -0.2) is 35.7 Å². The molecule has 0 aliphatic rings. The summed E-state index contributed by atoms with van der Waals surface area (Å²) in [7, 11) is 4.01. The van der Waals surface area contributed by atoms with Crippen molar-refractivity contribution in [1.29, 1.82) is 0 Å². The number of amides is 2. The Morgan fingerprint density at radius 1 is 1.10 bits per heavy atom. The molecule has 0 unspecified atom stereocenters. The van der Waals surface area contributed by atoms with Crippen molar-refractivity contribution in [2.75, 3.05) is 29.6 Å². The lowest BCUT2D eigenvalue weighted by Crippen LogP contribution is -2.27. The molecule has 0 aliphatic heterocycles. The van der Waals surface area contributed by atoms with Gasteiger partial charge in [0.2, 0.25) is 5.91 Å². The number of hydrogen-bond donors (Lipinski definition) is 2. The zero-order valence-corrected chi connectivity index (χ0v) is 19.6. The zero-order chi connectivity index (χ0) is 22.8. The normalized spacial score (nSPS) is 11.3. The van der Waals surface area contributed by atoms with Gasteiger partial charge in [-0.15, -0.1) is 11.3 Å². The van der Waals surface area contributed by atoms with Crippen LogP contribution < -0.4 is 15.5 Å². The number of rotatable bonds is 6. The van der Waals surface area contributed by atoms with E-state index < -0.39 is 5.41 Å². The minimum absolute atomic E-state index is 0.0842. The fourth-order valence-corrected chi connectivity index (χ4v) is 3.84. The summed E-state index contributed by atoms with van der Waals surface area (Å²) in [6, 6.07) is 11.8. The Balaban J connectivity index is 1.71. The molecule has 31 heavy (non-hydrogen) atoms. The van der Waals surface area contributed by atoms with Gasteiger partial charge in [0, 0.05) is 31.3 Å². The van der Waals surface area contributed by atoms with Crippen LogP contribution >= 0.6 is 11.3 Å². The quantitative estimate of drug-likeness (QED) is 0.588. The van der Waals surface area contributed by atoms with E-state index in [1.807, 2.05) is 52.8 Å². The lowest BCUT2D eigenvalue weighted by atomic mass is 9.96. The van der Waals surface area contributed by atoms with E-state index in [1.165, 1.54) is 11.3 Å². The van der Waals surface area contributed by atoms with Gasteiger partial charge < -0.3 is 15.5 Å². The Bertz CT molecular complexity index is 1070. The minimum atomic E-state index is -0.502. The van der Waals surface area contributed by atoms with Crippen LogP contribution in [0.15, 0.2) is 42.6 Å². The van der Waals surface area contributed by atoms with E-state index in [4.69, 9.17) is 0 Å². The summed E-state index contributed by atoms with van der Waals surface area (Å²) in [5.41, 5.74) is 2.53. The maximum absolute atomic E-state index is 12.9. The number of aryl methyl sites for hydroxylation is 1. The van der Waals surface area contributed by atoms with Gasteiger partial charge in [0.05, 0.1) is 22.6 Å². The predicted octanol–water partition coefficient (Wildman–Crippen LogP) is 4.60. The van der Waals surface area contributed by atoms with E-state index in [0.717, 1.165) is 16.8 Å². The molecule has 3 rings (SSSR count). The number of nitrogens with one attached hydrogen (secondary N) is 2. The van der Waals surface area contributed by atoms with Crippen molar-refractivity contribution in [2.45, 2.75) is 34.2 Å². The van der Waals surface area contributed by atoms with Crippen LogP contribution in [0.2, 0.25) is 0 Å². The third-order valence-electron chi connectivity index (χ3n) is 4.79. The second kappa shape index (κ2) is 8.93. The third-order valence-corrected chi connectivity index (χ3v) is 5.94. The van der Waals surface area contributed by atoms with Gasteiger partial charge in [0.1, 0.15) is 5.82 Å². The molecule has 1 aromatic carbocycles. The molecular formula is C23H29N5O2S. The topological polar surface area (TPSA) is 79.3 Å². The fraction of sp³-hybridized carbons (Fsp3) is 0.348. The van der Waals surface area contributed by atoms with Crippen LogP contribution in [0.5, 0.6) is 0 Å². The average molecular weight is 440 g/mol. The molecule has 7 nitrogen and oxygen atoms in total. The van der Waals surface area contributed by atoms with Crippen molar-refractivity contribution in [2.24, 2.45) is 5.41 Å². The molecule has 0 atom stereocenters. The van der Waals surface area contributed by atoms with Crippen molar-refractivity contribution in [3.05, 3.63) is 58.6 Å². The largest absolute Gasteiger partial charge is 0.378 e. The summed E-state index contributed by atoms with van der Waals surface area (Å²) >= 11 is 1.27. The van der Waals surface area contributed by atoms with Crippen molar-refractivity contribution >= 4 is 39.7 Å². The second-order valence-electron chi connectivity index (χ2n) is 8.72. The molecule has 0 fully saturated rings. The smallest absolute Gasteiger partial charge is 0.267 e. The molecule has 0 saturated heterocycles. The summed E-state index contributed by atoms with van der Waals surface area (Å²) in [6.45, 7) is 7.97. The molecule has 0 saturated carbocycles. The average Bonchev–Trinajstić information content (AvgIpc) is 3.27. The summed E-state index contributed by atoms with van der Waals surface area (Å²) in [4.78, 5) is 27.7. The van der Waals surface area contributed by atoms with E-state index in [0.29, 0.717) is 22.2 Å². The summed E-state index contributed by atoms with van der Waals surface area (Å²) in [5, 5.41) is 10.8. The zero-order valence-electron chi connectivity index (χ0n) is 18.8. The van der Waals surface area contributed by atoms with Crippen LogP contribution in [0, 0.1) is 12.3 Å². The number of nitrogens with zero attached hydrogens (tertiary/aromatic N) is 3. The molecule has 8 heteroatoms. The SMILES string of the molecule is Cc1cc(NC(=O)C(C)(C)C)sc1C(=O)Nc1ccnn1Cc1ccc(N(C)C)cc1. The maximum atomic E-state index is 12.9. The van der Waals surface area contributed by atoms with Crippen LogP contribution in [0.3, 0.4) is 0 Å². The van der Waals surface area contributed by atoms with Crippen LogP contribution in [0.1, 0.15) is 41.6 Å². The van der Waals surface area contributed by atoms with Gasteiger partial charge in [0.15, 0.2) is 0 Å². The first-order chi connectivity index (χ1) is 14.5. The molecule has 3 aromatic rings. The number of aromatic nitrogens is 2. The second-order valence-corrected chi connectivity index (χ2v) is 9.77. The van der Waals surface area contributed by atoms with E-state index in [9.17, 15) is 9.59 Å². The lowest BCUT2D eigenvalue weighted by Gasteiger charge is -2.16. The summed E-state index contributed by atoms with van der Waals surface area (Å²) in [6.07, 6.45) is 1.67. The molecule has 0 spiro atoms. The van der Waals surface area contributed by atoms with Crippen molar-refractivity contribution in [1.82, 2.24) is 9.78 Å². The first kappa shape index (κ1) is 22.6. The monoisotopic (exact) mass is 439 g/mol. The maximum Gasteiger partial charge on any atom is 0.267 e. The Kier molecular flexibility index (Phi) is 6.50. The molecule has 2 N–H and O–H groups in total. The number of hydrogen-bond acceptors (Lipinski definition) is 5. The lowest BCUT2D eigenvalue weighted by molar-refractivity contribution is -0.123. The fourth-order valence-electron chi connectivity index (χ4n) is 2.88. The van der Waals surface area contributed by atoms with Crippen LogP contribution in [0.4, 0.5) is 16.5 Å². The van der Waals surface area contributed by atoms with Gasteiger partial charge in [-0.25, -0.2) is 4.68 Å².